The van der Waals surface area contributed by atoms with Gasteiger partial charge in [-0.2, -0.15) is 0 Å². The van der Waals surface area contributed by atoms with Gasteiger partial charge in [0.15, 0.2) is 0 Å². The first-order chi connectivity index (χ1) is 12.1. The molecule has 1 amide bonds. The Morgan fingerprint density at radius 1 is 1.12 bits per heavy atom. The van der Waals surface area contributed by atoms with E-state index in [0.29, 0.717) is 18.2 Å². The largest absolute Gasteiger partial charge is 0.492 e. The van der Waals surface area contributed by atoms with Crippen LogP contribution in [0, 0.1) is 0 Å². The number of benzene rings is 2. The maximum absolute atomic E-state index is 12.0. The van der Waals surface area contributed by atoms with Crippen LogP contribution < -0.4 is 15.4 Å². The van der Waals surface area contributed by atoms with Crippen molar-refractivity contribution in [2.75, 3.05) is 19.7 Å². The van der Waals surface area contributed by atoms with E-state index in [9.17, 15) is 4.79 Å². The zero-order chi connectivity index (χ0) is 18.1. The minimum absolute atomic E-state index is 0.00877. The van der Waals surface area contributed by atoms with E-state index in [1.165, 1.54) is 5.56 Å². The summed E-state index contributed by atoms with van der Waals surface area (Å²) in [5.41, 5.74) is 2.40. The summed E-state index contributed by atoms with van der Waals surface area (Å²) in [5, 5.41) is 6.75. The average molecular weight is 361 g/mol. The van der Waals surface area contributed by atoms with Crippen LogP contribution in [0.15, 0.2) is 48.5 Å². The SMILES string of the molecule is CCc1ccc([C@H](C)NC(=O)CNCCOc2ccc(Cl)cc2)cc1. The first-order valence-electron chi connectivity index (χ1n) is 8.55. The third-order valence-electron chi connectivity index (χ3n) is 3.91. The number of carbonyl (C=O) groups excluding carboxylic acids is 1. The lowest BCUT2D eigenvalue weighted by Gasteiger charge is -2.15. The molecule has 134 valence electrons. The first-order valence-corrected chi connectivity index (χ1v) is 8.93. The standard InChI is InChI=1S/C20H25ClN2O2/c1-3-16-4-6-17(7-5-16)15(2)23-20(24)14-22-12-13-25-19-10-8-18(21)9-11-19/h4-11,15,22H,3,12-14H2,1-2H3,(H,23,24)/t15-/m0/s1. The van der Waals surface area contributed by atoms with Gasteiger partial charge in [0.05, 0.1) is 12.6 Å². The maximum atomic E-state index is 12.0. The summed E-state index contributed by atoms with van der Waals surface area (Å²) in [5.74, 6) is 0.735. The number of aryl methyl sites for hydroxylation is 1. The molecule has 0 aliphatic heterocycles. The molecule has 4 nitrogen and oxygen atoms in total. The lowest BCUT2D eigenvalue weighted by atomic mass is 10.1. The van der Waals surface area contributed by atoms with Crippen molar-refractivity contribution in [2.24, 2.45) is 0 Å². The molecule has 0 saturated heterocycles. The van der Waals surface area contributed by atoms with Crippen LogP contribution in [0.2, 0.25) is 5.02 Å². The number of halogens is 1. The van der Waals surface area contributed by atoms with E-state index in [1.54, 1.807) is 12.1 Å². The van der Waals surface area contributed by atoms with Crippen LogP contribution in [0.3, 0.4) is 0 Å². The van der Waals surface area contributed by atoms with Crippen molar-refractivity contribution in [3.05, 3.63) is 64.7 Å². The van der Waals surface area contributed by atoms with E-state index in [0.717, 1.165) is 17.7 Å². The quantitative estimate of drug-likeness (QED) is 0.669. The van der Waals surface area contributed by atoms with Gasteiger partial charge < -0.3 is 15.4 Å². The Morgan fingerprint density at radius 2 is 1.80 bits per heavy atom. The van der Waals surface area contributed by atoms with Gasteiger partial charge in [0.25, 0.3) is 0 Å². The number of hydrogen-bond acceptors (Lipinski definition) is 3. The van der Waals surface area contributed by atoms with E-state index in [-0.39, 0.29) is 18.5 Å². The van der Waals surface area contributed by atoms with Gasteiger partial charge in [-0.05, 0) is 48.7 Å². The molecule has 0 bridgehead atoms. The number of rotatable bonds is 9. The minimum Gasteiger partial charge on any atom is -0.492 e. The number of ether oxygens (including phenoxy) is 1. The predicted octanol–water partition coefficient (Wildman–Crippen LogP) is 3.75. The highest BCUT2D eigenvalue weighted by molar-refractivity contribution is 6.30. The second-order valence-electron chi connectivity index (χ2n) is 5.86. The molecule has 0 saturated carbocycles. The molecular formula is C20H25ClN2O2. The molecule has 0 aliphatic carbocycles. The van der Waals surface area contributed by atoms with Gasteiger partial charge in [0.1, 0.15) is 12.4 Å². The smallest absolute Gasteiger partial charge is 0.234 e. The fourth-order valence-electron chi connectivity index (χ4n) is 2.39. The molecule has 0 heterocycles. The average Bonchev–Trinajstić information content (AvgIpc) is 2.63. The second-order valence-corrected chi connectivity index (χ2v) is 6.30. The summed E-state index contributed by atoms with van der Waals surface area (Å²) in [4.78, 5) is 12.0. The van der Waals surface area contributed by atoms with Crippen molar-refractivity contribution in [3.8, 4) is 5.75 Å². The lowest BCUT2D eigenvalue weighted by molar-refractivity contribution is -0.120. The molecule has 2 aromatic carbocycles. The Labute approximate surface area is 154 Å². The lowest BCUT2D eigenvalue weighted by Crippen LogP contribution is -2.36. The van der Waals surface area contributed by atoms with Crippen molar-refractivity contribution in [1.82, 2.24) is 10.6 Å². The van der Waals surface area contributed by atoms with Crippen molar-refractivity contribution < 1.29 is 9.53 Å². The zero-order valence-corrected chi connectivity index (χ0v) is 15.5. The molecule has 2 rings (SSSR count). The minimum atomic E-state index is -0.0291. The van der Waals surface area contributed by atoms with E-state index in [2.05, 4.69) is 41.8 Å². The summed E-state index contributed by atoms with van der Waals surface area (Å²) < 4.78 is 5.56. The topological polar surface area (TPSA) is 50.4 Å². The molecule has 0 unspecified atom stereocenters. The molecule has 0 fully saturated rings. The monoisotopic (exact) mass is 360 g/mol. The van der Waals surface area contributed by atoms with Crippen molar-refractivity contribution in [2.45, 2.75) is 26.3 Å². The summed E-state index contributed by atoms with van der Waals surface area (Å²) >= 11 is 5.82. The van der Waals surface area contributed by atoms with Gasteiger partial charge in [-0.3, -0.25) is 4.79 Å². The number of amides is 1. The van der Waals surface area contributed by atoms with Gasteiger partial charge in [-0.1, -0.05) is 42.8 Å². The highest BCUT2D eigenvalue weighted by atomic mass is 35.5. The molecule has 2 N–H and O–H groups in total. The zero-order valence-electron chi connectivity index (χ0n) is 14.7. The summed E-state index contributed by atoms with van der Waals surface area (Å²) in [6, 6.07) is 15.5. The Kier molecular flexibility index (Phi) is 7.76. The molecule has 2 aromatic rings. The summed E-state index contributed by atoms with van der Waals surface area (Å²) in [7, 11) is 0. The molecule has 0 aliphatic rings. The van der Waals surface area contributed by atoms with Gasteiger partial charge in [-0.15, -0.1) is 0 Å². The van der Waals surface area contributed by atoms with Crippen molar-refractivity contribution >= 4 is 17.5 Å². The Balaban J connectivity index is 1.63. The number of carbonyl (C=O) groups is 1. The van der Waals surface area contributed by atoms with Crippen LogP contribution in [0.4, 0.5) is 0 Å². The van der Waals surface area contributed by atoms with Crippen LogP contribution in [0.5, 0.6) is 5.75 Å². The highest BCUT2D eigenvalue weighted by Gasteiger charge is 2.09. The van der Waals surface area contributed by atoms with E-state index in [1.807, 2.05) is 19.1 Å². The molecule has 5 heteroatoms. The molecule has 0 aromatic heterocycles. The molecule has 25 heavy (non-hydrogen) atoms. The van der Waals surface area contributed by atoms with Gasteiger partial charge in [-0.25, -0.2) is 0 Å². The normalized spacial score (nSPS) is 11.8. The molecule has 1 atom stereocenters. The Hall–Kier alpha value is -2.04. The van der Waals surface area contributed by atoms with Crippen LogP contribution in [0.25, 0.3) is 0 Å². The van der Waals surface area contributed by atoms with Gasteiger partial charge in [0, 0.05) is 11.6 Å². The van der Waals surface area contributed by atoms with Crippen LogP contribution in [-0.2, 0) is 11.2 Å². The van der Waals surface area contributed by atoms with Gasteiger partial charge >= 0.3 is 0 Å². The highest BCUT2D eigenvalue weighted by Crippen LogP contribution is 2.15. The molecule has 0 radical (unpaired) electrons. The van der Waals surface area contributed by atoms with Gasteiger partial charge in [0.2, 0.25) is 5.91 Å². The third kappa shape index (κ3) is 6.77. The maximum Gasteiger partial charge on any atom is 0.234 e. The third-order valence-corrected chi connectivity index (χ3v) is 4.16. The van der Waals surface area contributed by atoms with Crippen molar-refractivity contribution in [1.29, 1.82) is 0 Å². The summed E-state index contributed by atoms with van der Waals surface area (Å²) in [6.45, 7) is 5.46. The predicted molar refractivity (Wildman–Crippen MR) is 102 cm³/mol. The Morgan fingerprint density at radius 3 is 2.44 bits per heavy atom. The fraction of sp³-hybridized carbons (Fsp3) is 0.350. The molecule has 0 spiro atoms. The number of nitrogens with one attached hydrogen (secondary N) is 2. The van der Waals surface area contributed by atoms with Crippen molar-refractivity contribution in [3.63, 3.8) is 0 Å². The van der Waals surface area contributed by atoms with E-state index >= 15 is 0 Å². The second kappa shape index (κ2) is 10.1. The number of hydrogen-bond donors (Lipinski definition) is 2. The Bertz CT molecular complexity index is 656. The van der Waals surface area contributed by atoms with E-state index in [4.69, 9.17) is 16.3 Å². The fourth-order valence-corrected chi connectivity index (χ4v) is 2.52. The molecular weight excluding hydrogens is 336 g/mol. The van der Waals surface area contributed by atoms with Crippen LogP contribution in [0.1, 0.15) is 31.0 Å². The van der Waals surface area contributed by atoms with E-state index < -0.39 is 0 Å². The first kappa shape index (κ1) is 19.3. The van der Waals surface area contributed by atoms with Crippen LogP contribution in [-0.4, -0.2) is 25.6 Å². The van der Waals surface area contributed by atoms with Crippen LogP contribution >= 0.6 is 11.6 Å². The summed E-state index contributed by atoms with van der Waals surface area (Å²) in [6.07, 6.45) is 1.02.